The Balaban J connectivity index is 0.00000261. The monoisotopic (exact) mass is 477 g/mol. The van der Waals surface area contributed by atoms with E-state index in [1.807, 2.05) is 0 Å². The normalized spacial score (nSPS) is 11.1. The highest BCUT2D eigenvalue weighted by atomic mass is 127. The highest BCUT2D eigenvalue weighted by Crippen LogP contribution is 2.17. The number of H-pyrrole nitrogens is 1. The number of fused-ring (bicyclic) bond motifs is 1. The number of halogens is 1. The zero-order valence-electron chi connectivity index (χ0n) is 16.1. The van der Waals surface area contributed by atoms with Crippen molar-refractivity contribution >= 4 is 46.5 Å². The number of aromatic nitrogens is 1. The first kappa shape index (κ1) is 21.1. The van der Waals surface area contributed by atoms with Crippen molar-refractivity contribution in [2.24, 2.45) is 4.99 Å². The maximum atomic E-state index is 4.32. The van der Waals surface area contributed by atoms with Gasteiger partial charge in [-0.1, -0.05) is 30.3 Å². The van der Waals surface area contributed by atoms with Crippen LogP contribution in [0.4, 0.5) is 5.69 Å². The molecule has 0 aliphatic carbocycles. The van der Waals surface area contributed by atoms with Crippen LogP contribution in [0.1, 0.15) is 11.1 Å². The maximum Gasteiger partial charge on any atom is 0.191 e. The second-order valence-electron chi connectivity index (χ2n) is 6.53. The number of nitrogens with one attached hydrogen (secondary N) is 3. The number of benzene rings is 2. The van der Waals surface area contributed by atoms with Crippen molar-refractivity contribution in [1.29, 1.82) is 0 Å². The first-order valence-corrected chi connectivity index (χ1v) is 8.93. The highest BCUT2D eigenvalue weighted by Gasteiger charge is 2.04. The summed E-state index contributed by atoms with van der Waals surface area (Å²) in [4.78, 5) is 9.75. The van der Waals surface area contributed by atoms with Gasteiger partial charge in [0.25, 0.3) is 0 Å². The molecule has 0 unspecified atom stereocenters. The molecule has 3 aromatic rings. The molecule has 3 N–H and O–H groups in total. The second kappa shape index (κ2) is 10.2. The van der Waals surface area contributed by atoms with E-state index >= 15 is 0 Å². The fourth-order valence-electron chi connectivity index (χ4n) is 3.01. The second-order valence-corrected chi connectivity index (χ2v) is 6.53. The first-order chi connectivity index (χ1) is 12.7. The van der Waals surface area contributed by atoms with Crippen LogP contribution in [0.2, 0.25) is 0 Å². The van der Waals surface area contributed by atoms with Crippen LogP contribution >= 0.6 is 24.0 Å². The Morgan fingerprint density at radius 2 is 1.89 bits per heavy atom. The summed E-state index contributed by atoms with van der Waals surface area (Å²) in [6.45, 7) is 1.58. The van der Waals surface area contributed by atoms with Crippen LogP contribution in [0, 0.1) is 0 Å². The number of rotatable bonds is 6. The molecular formula is C21H28IN5. The lowest BCUT2D eigenvalue weighted by atomic mass is 10.1. The molecule has 6 heteroatoms. The number of aromatic amines is 1. The summed E-state index contributed by atoms with van der Waals surface area (Å²) in [5.74, 6) is 0.820. The van der Waals surface area contributed by atoms with Gasteiger partial charge in [0.15, 0.2) is 5.96 Å². The summed E-state index contributed by atoms with van der Waals surface area (Å²) < 4.78 is 0. The number of hydrogen-bond donors (Lipinski definition) is 3. The summed E-state index contributed by atoms with van der Waals surface area (Å²) in [6.07, 6.45) is 3.04. The molecule has 27 heavy (non-hydrogen) atoms. The quantitative estimate of drug-likeness (QED) is 0.288. The number of anilines is 1. The van der Waals surface area contributed by atoms with Crippen LogP contribution in [-0.4, -0.2) is 38.6 Å². The summed E-state index contributed by atoms with van der Waals surface area (Å²) >= 11 is 0. The minimum Gasteiger partial charge on any atom is -0.378 e. The van der Waals surface area contributed by atoms with E-state index in [9.17, 15) is 0 Å². The summed E-state index contributed by atoms with van der Waals surface area (Å²) in [5, 5.41) is 8.07. The molecular weight excluding hydrogens is 449 g/mol. The Hall–Kier alpha value is -2.22. The van der Waals surface area contributed by atoms with E-state index < -0.39 is 0 Å². The smallest absolute Gasteiger partial charge is 0.191 e. The van der Waals surface area contributed by atoms with Gasteiger partial charge in [0.1, 0.15) is 0 Å². The van der Waals surface area contributed by atoms with Gasteiger partial charge in [-0.05, 0) is 35.7 Å². The molecule has 2 aromatic carbocycles. The molecule has 0 saturated carbocycles. The predicted octanol–water partition coefficient (Wildman–Crippen LogP) is 3.76. The number of hydrogen-bond acceptors (Lipinski definition) is 2. The average molecular weight is 477 g/mol. The van der Waals surface area contributed by atoms with E-state index in [0.717, 1.165) is 25.5 Å². The zero-order chi connectivity index (χ0) is 18.4. The van der Waals surface area contributed by atoms with E-state index in [1.54, 1.807) is 7.05 Å². The van der Waals surface area contributed by atoms with Crippen molar-refractivity contribution in [2.75, 3.05) is 32.6 Å². The van der Waals surface area contributed by atoms with E-state index in [-0.39, 0.29) is 24.0 Å². The van der Waals surface area contributed by atoms with Crippen LogP contribution in [0.5, 0.6) is 0 Å². The van der Waals surface area contributed by atoms with Crippen molar-refractivity contribution in [3.05, 3.63) is 65.9 Å². The van der Waals surface area contributed by atoms with Crippen molar-refractivity contribution < 1.29 is 0 Å². The van der Waals surface area contributed by atoms with Gasteiger partial charge in [-0.2, -0.15) is 0 Å². The van der Waals surface area contributed by atoms with Crippen molar-refractivity contribution in [2.45, 2.75) is 13.0 Å². The Morgan fingerprint density at radius 1 is 1.07 bits per heavy atom. The van der Waals surface area contributed by atoms with Gasteiger partial charge in [-0.3, -0.25) is 4.99 Å². The Morgan fingerprint density at radius 3 is 2.67 bits per heavy atom. The summed E-state index contributed by atoms with van der Waals surface area (Å²) in [5.41, 5.74) is 4.94. The molecule has 1 aromatic heterocycles. The Bertz CT molecular complexity index is 885. The number of aliphatic imine (C=N–C) groups is 1. The molecule has 0 atom stereocenters. The van der Waals surface area contributed by atoms with Crippen LogP contribution < -0.4 is 15.5 Å². The van der Waals surface area contributed by atoms with Crippen LogP contribution in [0.3, 0.4) is 0 Å². The minimum absolute atomic E-state index is 0. The molecule has 3 rings (SSSR count). The van der Waals surface area contributed by atoms with Gasteiger partial charge in [0.2, 0.25) is 0 Å². The van der Waals surface area contributed by atoms with Crippen LogP contribution in [-0.2, 0) is 13.0 Å². The molecule has 0 amide bonds. The highest BCUT2D eigenvalue weighted by molar-refractivity contribution is 14.0. The van der Waals surface area contributed by atoms with Crippen molar-refractivity contribution in [3.8, 4) is 0 Å². The Labute approximate surface area is 178 Å². The molecule has 0 spiro atoms. The molecule has 0 saturated heterocycles. The molecule has 144 valence electrons. The van der Waals surface area contributed by atoms with Crippen molar-refractivity contribution in [1.82, 2.24) is 15.6 Å². The lowest BCUT2D eigenvalue weighted by molar-refractivity contribution is 0.796. The number of nitrogens with zero attached hydrogens (tertiary/aromatic N) is 2. The standard InChI is InChI=1S/C21H27N5.HI/c1-22-21(25-14-16-7-6-8-18(13-16)26(2)3)23-12-11-17-15-24-20-10-5-4-9-19(17)20;/h4-10,13,15,24H,11-12,14H2,1-3H3,(H2,22,23,25);1H. The fourth-order valence-corrected chi connectivity index (χ4v) is 3.01. The predicted molar refractivity (Wildman–Crippen MR) is 126 cm³/mol. The van der Waals surface area contributed by atoms with E-state index in [4.69, 9.17) is 0 Å². The molecule has 5 nitrogen and oxygen atoms in total. The zero-order valence-corrected chi connectivity index (χ0v) is 18.5. The molecule has 0 aliphatic rings. The SMILES string of the molecule is CN=C(NCCc1c[nH]c2ccccc12)NCc1cccc(N(C)C)c1.I. The largest absolute Gasteiger partial charge is 0.378 e. The summed E-state index contributed by atoms with van der Waals surface area (Å²) in [7, 11) is 5.91. The lowest BCUT2D eigenvalue weighted by Crippen LogP contribution is -2.37. The maximum absolute atomic E-state index is 4.32. The van der Waals surface area contributed by atoms with Crippen molar-refractivity contribution in [3.63, 3.8) is 0 Å². The van der Waals surface area contributed by atoms with Gasteiger partial charge >= 0.3 is 0 Å². The topological polar surface area (TPSA) is 55.5 Å². The minimum atomic E-state index is 0. The van der Waals surface area contributed by atoms with E-state index in [1.165, 1.54) is 27.7 Å². The molecule has 0 radical (unpaired) electrons. The Kier molecular flexibility index (Phi) is 7.97. The van der Waals surface area contributed by atoms with E-state index in [2.05, 4.69) is 94.3 Å². The van der Waals surface area contributed by atoms with Gasteiger partial charge in [0.05, 0.1) is 0 Å². The van der Waals surface area contributed by atoms with Crippen LogP contribution in [0.15, 0.2) is 59.7 Å². The third-order valence-corrected chi connectivity index (χ3v) is 4.47. The van der Waals surface area contributed by atoms with Crippen LogP contribution in [0.25, 0.3) is 10.9 Å². The molecule has 0 aliphatic heterocycles. The first-order valence-electron chi connectivity index (χ1n) is 8.93. The average Bonchev–Trinajstić information content (AvgIpc) is 3.08. The fraction of sp³-hybridized carbons (Fsp3) is 0.286. The van der Waals surface area contributed by atoms with Gasteiger partial charge in [0, 0.05) is 57.0 Å². The third kappa shape index (κ3) is 5.63. The van der Waals surface area contributed by atoms with E-state index in [0.29, 0.717) is 0 Å². The lowest BCUT2D eigenvalue weighted by Gasteiger charge is -2.15. The molecule has 0 bridgehead atoms. The molecule has 0 fully saturated rings. The molecule has 1 heterocycles. The number of guanidine groups is 1. The number of para-hydroxylation sites is 1. The van der Waals surface area contributed by atoms with Gasteiger partial charge in [-0.25, -0.2) is 0 Å². The third-order valence-electron chi connectivity index (χ3n) is 4.47. The summed E-state index contributed by atoms with van der Waals surface area (Å²) in [6, 6.07) is 16.9. The van der Waals surface area contributed by atoms with Gasteiger partial charge in [-0.15, -0.1) is 24.0 Å². The van der Waals surface area contributed by atoms with Gasteiger partial charge < -0.3 is 20.5 Å².